The first-order chi connectivity index (χ1) is 8.72. The van der Waals surface area contributed by atoms with E-state index in [0.29, 0.717) is 19.6 Å². The Morgan fingerprint density at radius 2 is 2.00 bits per heavy atom. The summed E-state index contributed by atoms with van der Waals surface area (Å²) >= 11 is 1.92. The lowest BCUT2D eigenvalue weighted by Crippen LogP contribution is -2.13. The topological polar surface area (TPSA) is 44.8 Å². The molecule has 1 fully saturated rings. The van der Waals surface area contributed by atoms with E-state index in [1.165, 1.54) is 20.0 Å². The summed E-state index contributed by atoms with van der Waals surface area (Å²) in [5.41, 5.74) is 0.245. The van der Waals surface area contributed by atoms with E-state index in [4.69, 9.17) is 14.2 Å². The number of ether oxygens (including phenoxy) is 3. The summed E-state index contributed by atoms with van der Waals surface area (Å²) in [6.07, 6.45) is 3.97. The molecule has 1 aliphatic rings. The Morgan fingerprint density at radius 1 is 1.22 bits per heavy atom. The number of rotatable bonds is 11. The van der Waals surface area contributed by atoms with E-state index in [2.05, 4.69) is 0 Å². The molecule has 0 aromatic heterocycles. The molecule has 0 heterocycles. The van der Waals surface area contributed by atoms with Crippen LogP contribution in [-0.2, 0) is 19.0 Å². The molecule has 18 heavy (non-hydrogen) atoms. The number of esters is 1. The average molecular weight is 276 g/mol. The molecule has 1 saturated carbocycles. The number of hydrogen-bond donors (Lipinski definition) is 0. The minimum atomic E-state index is -0.0731. The zero-order valence-corrected chi connectivity index (χ0v) is 12.2. The van der Waals surface area contributed by atoms with Crippen LogP contribution in [0.4, 0.5) is 0 Å². The van der Waals surface area contributed by atoms with Crippen LogP contribution in [0.2, 0.25) is 0 Å². The van der Waals surface area contributed by atoms with Crippen LogP contribution in [0.5, 0.6) is 0 Å². The lowest BCUT2D eigenvalue weighted by atomic mass is 10.1. The van der Waals surface area contributed by atoms with Gasteiger partial charge in [0.25, 0.3) is 0 Å². The lowest BCUT2D eigenvalue weighted by molar-refractivity contribution is -0.141. The molecule has 1 aliphatic carbocycles. The summed E-state index contributed by atoms with van der Waals surface area (Å²) in [5, 5.41) is 0. The van der Waals surface area contributed by atoms with Crippen molar-refractivity contribution in [3.63, 3.8) is 0 Å². The van der Waals surface area contributed by atoms with Gasteiger partial charge in [0.1, 0.15) is 0 Å². The van der Waals surface area contributed by atoms with Gasteiger partial charge in [0.2, 0.25) is 0 Å². The van der Waals surface area contributed by atoms with Crippen molar-refractivity contribution in [2.45, 2.75) is 25.7 Å². The van der Waals surface area contributed by atoms with Crippen molar-refractivity contribution in [1.29, 1.82) is 0 Å². The Balaban J connectivity index is 1.93. The Kier molecular flexibility index (Phi) is 7.70. The van der Waals surface area contributed by atoms with Crippen LogP contribution < -0.4 is 0 Å². The van der Waals surface area contributed by atoms with Gasteiger partial charge in [-0.3, -0.25) is 4.79 Å². The zero-order valence-electron chi connectivity index (χ0n) is 11.4. The maximum Gasteiger partial charge on any atom is 0.306 e. The zero-order chi connectivity index (χ0) is 13.3. The Labute approximate surface area is 114 Å². The first kappa shape index (κ1) is 15.8. The van der Waals surface area contributed by atoms with Gasteiger partial charge in [-0.2, -0.15) is 11.8 Å². The minimum Gasteiger partial charge on any atom is -0.469 e. The summed E-state index contributed by atoms with van der Waals surface area (Å²) in [7, 11) is 3.14. The van der Waals surface area contributed by atoms with Crippen LogP contribution in [0.3, 0.4) is 0 Å². The second-order valence-corrected chi connectivity index (χ2v) is 5.87. The average Bonchev–Trinajstić information content (AvgIpc) is 3.12. The molecule has 0 spiro atoms. The van der Waals surface area contributed by atoms with Crippen molar-refractivity contribution in [1.82, 2.24) is 0 Å². The van der Waals surface area contributed by atoms with Gasteiger partial charge in [0.15, 0.2) is 0 Å². The van der Waals surface area contributed by atoms with Crippen molar-refractivity contribution in [2.24, 2.45) is 5.41 Å². The number of hydrogen-bond acceptors (Lipinski definition) is 5. The minimum absolute atomic E-state index is 0.0731. The van der Waals surface area contributed by atoms with E-state index in [1.807, 2.05) is 11.8 Å². The molecule has 0 bridgehead atoms. The summed E-state index contributed by atoms with van der Waals surface area (Å²) in [5.74, 6) is 2.09. The quantitative estimate of drug-likeness (QED) is 0.427. The fourth-order valence-corrected chi connectivity index (χ4v) is 3.01. The standard InChI is InChI=1S/C13H24O4S/c1-15-7-8-17-6-3-9-18-11-13(4-5-13)10-12(14)16-2/h3-11H2,1-2H3. The lowest BCUT2D eigenvalue weighted by Gasteiger charge is -2.12. The van der Waals surface area contributed by atoms with Gasteiger partial charge >= 0.3 is 5.97 Å². The van der Waals surface area contributed by atoms with Crippen LogP contribution >= 0.6 is 11.8 Å². The molecular formula is C13H24O4S. The first-order valence-corrected chi connectivity index (χ1v) is 7.59. The SMILES string of the molecule is COCCOCCCSCC1(CC(=O)OC)CC1. The van der Waals surface area contributed by atoms with E-state index in [-0.39, 0.29) is 11.4 Å². The molecule has 5 heteroatoms. The van der Waals surface area contributed by atoms with Gasteiger partial charge < -0.3 is 14.2 Å². The molecule has 0 aromatic carbocycles. The van der Waals surface area contributed by atoms with Crippen molar-refractivity contribution in [3.8, 4) is 0 Å². The van der Waals surface area contributed by atoms with Crippen molar-refractivity contribution in [3.05, 3.63) is 0 Å². The molecule has 0 saturated heterocycles. The second-order valence-electron chi connectivity index (χ2n) is 4.76. The van der Waals surface area contributed by atoms with Crippen LogP contribution in [-0.4, -0.2) is 51.5 Å². The van der Waals surface area contributed by atoms with Crippen LogP contribution in [0.1, 0.15) is 25.7 Å². The predicted molar refractivity (Wildman–Crippen MR) is 72.9 cm³/mol. The third-order valence-corrected chi connectivity index (χ3v) is 4.52. The van der Waals surface area contributed by atoms with Crippen molar-refractivity contribution in [2.75, 3.05) is 45.5 Å². The van der Waals surface area contributed by atoms with Gasteiger partial charge in [-0.05, 0) is 36.2 Å². The highest BCUT2D eigenvalue weighted by atomic mass is 32.2. The molecule has 0 N–H and O–H groups in total. The van der Waals surface area contributed by atoms with Crippen LogP contribution in [0.25, 0.3) is 0 Å². The smallest absolute Gasteiger partial charge is 0.306 e. The highest BCUT2D eigenvalue weighted by Crippen LogP contribution is 2.51. The normalized spacial score (nSPS) is 16.6. The fraction of sp³-hybridized carbons (Fsp3) is 0.923. The summed E-state index contributed by atoms with van der Waals surface area (Å²) < 4.78 is 15.0. The van der Waals surface area contributed by atoms with Gasteiger partial charge in [-0.15, -0.1) is 0 Å². The summed E-state index contributed by atoms with van der Waals surface area (Å²) in [4.78, 5) is 11.2. The third-order valence-electron chi connectivity index (χ3n) is 3.12. The van der Waals surface area contributed by atoms with E-state index >= 15 is 0 Å². The third kappa shape index (κ3) is 6.61. The van der Waals surface area contributed by atoms with Crippen LogP contribution in [0.15, 0.2) is 0 Å². The maximum atomic E-state index is 11.2. The molecule has 0 unspecified atom stereocenters. The number of methoxy groups -OCH3 is 2. The monoisotopic (exact) mass is 276 g/mol. The molecule has 4 nitrogen and oxygen atoms in total. The molecule has 0 radical (unpaired) electrons. The molecule has 0 aliphatic heterocycles. The molecule has 1 rings (SSSR count). The molecule has 0 amide bonds. The highest BCUT2D eigenvalue weighted by molar-refractivity contribution is 7.99. The van der Waals surface area contributed by atoms with Gasteiger partial charge in [0, 0.05) is 13.7 Å². The molecule has 0 atom stereocenters. The first-order valence-electron chi connectivity index (χ1n) is 6.44. The largest absolute Gasteiger partial charge is 0.469 e. The molecule has 106 valence electrons. The van der Waals surface area contributed by atoms with Crippen LogP contribution in [0, 0.1) is 5.41 Å². The predicted octanol–water partition coefficient (Wildman–Crippen LogP) is 2.12. The Hall–Kier alpha value is -0.260. The maximum absolute atomic E-state index is 11.2. The Bertz CT molecular complexity index is 241. The summed E-state index contributed by atoms with van der Waals surface area (Å²) in [6.45, 7) is 2.13. The van der Waals surface area contributed by atoms with Crippen molar-refractivity contribution < 1.29 is 19.0 Å². The molecular weight excluding hydrogens is 252 g/mol. The molecule has 0 aromatic rings. The fourth-order valence-electron chi connectivity index (χ4n) is 1.72. The van der Waals surface area contributed by atoms with Gasteiger partial charge in [0.05, 0.1) is 26.7 Å². The van der Waals surface area contributed by atoms with E-state index in [0.717, 1.165) is 24.5 Å². The van der Waals surface area contributed by atoms with Crippen molar-refractivity contribution >= 4 is 17.7 Å². The number of carbonyl (C=O) groups excluding carboxylic acids is 1. The van der Waals surface area contributed by atoms with Gasteiger partial charge in [-0.1, -0.05) is 0 Å². The van der Waals surface area contributed by atoms with E-state index in [1.54, 1.807) is 7.11 Å². The summed E-state index contributed by atoms with van der Waals surface area (Å²) in [6, 6.07) is 0. The second kappa shape index (κ2) is 8.77. The van der Waals surface area contributed by atoms with Gasteiger partial charge in [-0.25, -0.2) is 0 Å². The van der Waals surface area contributed by atoms with E-state index in [9.17, 15) is 4.79 Å². The number of thioether (sulfide) groups is 1. The Morgan fingerprint density at radius 3 is 2.61 bits per heavy atom. The van der Waals surface area contributed by atoms with E-state index < -0.39 is 0 Å². The highest BCUT2D eigenvalue weighted by Gasteiger charge is 2.44. The number of carbonyl (C=O) groups is 1.